The van der Waals surface area contributed by atoms with Crippen molar-refractivity contribution in [3.63, 3.8) is 0 Å². The van der Waals surface area contributed by atoms with Gasteiger partial charge in [-0.2, -0.15) is 5.10 Å². The molecule has 4 rings (SSSR count). The van der Waals surface area contributed by atoms with Gasteiger partial charge in [-0.15, -0.1) is 0 Å². The average Bonchev–Trinajstić information content (AvgIpc) is 3.15. The van der Waals surface area contributed by atoms with Crippen molar-refractivity contribution >= 4 is 0 Å². The molecule has 0 aliphatic carbocycles. The SMILES string of the molecule is N[C@H](Cc1ccccc1)c1[nH]nc(-c2ccc(F)cc2)c1-c1ccncc1. The summed E-state index contributed by atoms with van der Waals surface area (Å²) >= 11 is 0. The van der Waals surface area contributed by atoms with Gasteiger partial charge in [-0.25, -0.2) is 4.39 Å². The Morgan fingerprint density at radius 1 is 0.889 bits per heavy atom. The molecule has 0 unspecified atom stereocenters. The van der Waals surface area contributed by atoms with E-state index < -0.39 is 0 Å². The van der Waals surface area contributed by atoms with E-state index in [-0.39, 0.29) is 11.9 Å². The quantitative estimate of drug-likeness (QED) is 0.551. The summed E-state index contributed by atoms with van der Waals surface area (Å²) in [5.74, 6) is -0.277. The Morgan fingerprint density at radius 2 is 1.59 bits per heavy atom. The third-order valence-electron chi connectivity index (χ3n) is 4.55. The normalized spacial score (nSPS) is 12.1. The van der Waals surface area contributed by atoms with Crippen LogP contribution in [0.1, 0.15) is 17.3 Å². The highest BCUT2D eigenvalue weighted by Crippen LogP contribution is 2.35. The lowest BCUT2D eigenvalue weighted by Crippen LogP contribution is -2.15. The highest BCUT2D eigenvalue weighted by molar-refractivity contribution is 5.82. The van der Waals surface area contributed by atoms with Crippen molar-refractivity contribution in [1.29, 1.82) is 0 Å². The van der Waals surface area contributed by atoms with Crippen LogP contribution in [0, 0.1) is 5.82 Å². The van der Waals surface area contributed by atoms with E-state index in [2.05, 4.69) is 27.3 Å². The number of hydrogen-bond donors (Lipinski definition) is 2. The van der Waals surface area contributed by atoms with Crippen LogP contribution in [0.2, 0.25) is 0 Å². The zero-order valence-electron chi connectivity index (χ0n) is 14.6. The maximum Gasteiger partial charge on any atom is 0.123 e. The zero-order chi connectivity index (χ0) is 18.6. The Bertz CT molecular complexity index is 1010. The lowest BCUT2D eigenvalue weighted by molar-refractivity contribution is 0.628. The number of aromatic nitrogens is 3. The largest absolute Gasteiger partial charge is 0.322 e. The van der Waals surface area contributed by atoms with Crippen molar-refractivity contribution in [3.8, 4) is 22.4 Å². The van der Waals surface area contributed by atoms with Crippen molar-refractivity contribution < 1.29 is 4.39 Å². The first-order valence-electron chi connectivity index (χ1n) is 8.76. The van der Waals surface area contributed by atoms with Crippen LogP contribution in [0.15, 0.2) is 79.1 Å². The number of nitrogens with two attached hydrogens (primary N) is 1. The van der Waals surface area contributed by atoms with E-state index in [1.165, 1.54) is 12.1 Å². The molecule has 1 atom stereocenters. The van der Waals surface area contributed by atoms with Crippen LogP contribution in [-0.2, 0) is 6.42 Å². The molecule has 0 amide bonds. The second-order valence-electron chi connectivity index (χ2n) is 6.40. The molecule has 4 aromatic rings. The Kier molecular flexibility index (Phi) is 4.77. The molecule has 0 aliphatic heterocycles. The molecule has 5 heteroatoms. The van der Waals surface area contributed by atoms with E-state index in [0.29, 0.717) is 6.42 Å². The smallest absolute Gasteiger partial charge is 0.123 e. The van der Waals surface area contributed by atoms with E-state index in [0.717, 1.165) is 33.6 Å². The Balaban J connectivity index is 1.79. The molecular formula is C22H19FN4. The van der Waals surface area contributed by atoms with Gasteiger partial charge < -0.3 is 5.73 Å². The van der Waals surface area contributed by atoms with Crippen LogP contribution in [-0.4, -0.2) is 15.2 Å². The molecular weight excluding hydrogens is 339 g/mol. The highest BCUT2D eigenvalue weighted by Gasteiger charge is 2.21. The summed E-state index contributed by atoms with van der Waals surface area (Å²) in [7, 11) is 0. The van der Waals surface area contributed by atoms with Crippen molar-refractivity contribution in [1.82, 2.24) is 15.2 Å². The van der Waals surface area contributed by atoms with Crippen LogP contribution in [0.4, 0.5) is 4.39 Å². The summed E-state index contributed by atoms with van der Waals surface area (Å²) in [6, 6.07) is 20.0. The second kappa shape index (κ2) is 7.51. The third kappa shape index (κ3) is 3.64. The van der Waals surface area contributed by atoms with Crippen molar-refractivity contribution in [2.75, 3.05) is 0 Å². The van der Waals surface area contributed by atoms with Gasteiger partial charge in [0.2, 0.25) is 0 Å². The Hall–Kier alpha value is -3.31. The second-order valence-corrected chi connectivity index (χ2v) is 6.40. The molecule has 0 aliphatic rings. The summed E-state index contributed by atoms with van der Waals surface area (Å²) in [5, 5.41) is 7.62. The van der Waals surface area contributed by atoms with Crippen molar-refractivity contribution in [3.05, 3.63) is 96.2 Å². The summed E-state index contributed by atoms with van der Waals surface area (Å²) in [6.45, 7) is 0. The van der Waals surface area contributed by atoms with Gasteiger partial charge in [-0.1, -0.05) is 30.3 Å². The van der Waals surface area contributed by atoms with Crippen LogP contribution in [0.25, 0.3) is 22.4 Å². The zero-order valence-corrected chi connectivity index (χ0v) is 14.6. The molecule has 0 fully saturated rings. The first-order valence-corrected chi connectivity index (χ1v) is 8.76. The van der Waals surface area contributed by atoms with Crippen molar-refractivity contribution in [2.45, 2.75) is 12.5 Å². The highest BCUT2D eigenvalue weighted by atomic mass is 19.1. The Labute approximate surface area is 156 Å². The van der Waals surface area contributed by atoms with Gasteiger partial charge in [0, 0.05) is 23.5 Å². The molecule has 2 aromatic carbocycles. The Morgan fingerprint density at radius 3 is 2.30 bits per heavy atom. The van der Waals surface area contributed by atoms with Crippen LogP contribution in [0.3, 0.4) is 0 Å². The van der Waals surface area contributed by atoms with Crippen LogP contribution >= 0.6 is 0 Å². The molecule has 2 aromatic heterocycles. The summed E-state index contributed by atoms with van der Waals surface area (Å²) < 4.78 is 13.3. The lowest BCUT2D eigenvalue weighted by atomic mass is 9.94. The number of nitrogens with one attached hydrogen (secondary N) is 1. The number of halogens is 1. The third-order valence-corrected chi connectivity index (χ3v) is 4.55. The minimum absolute atomic E-state index is 0.253. The number of H-pyrrole nitrogens is 1. The predicted molar refractivity (Wildman–Crippen MR) is 104 cm³/mol. The number of pyridine rings is 1. The monoisotopic (exact) mass is 358 g/mol. The molecule has 134 valence electrons. The van der Waals surface area contributed by atoms with Gasteiger partial charge >= 0.3 is 0 Å². The minimum atomic E-state index is -0.277. The first kappa shape index (κ1) is 17.1. The van der Waals surface area contributed by atoms with E-state index >= 15 is 0 Å². The molecule has 0 bridgehead atoms. The maximum absolute atomic E-state index is 13.3. The van der Waals surface area contributed by atoms with Crippen LogP contribution in [0.5, 0.6) is 0 Å². The molecule has 0 spiro atoms. The van der Waals surface area contributed by atoms with E-state index in [1.54, 1.807) is 24.5 Å². The van der Waals surface area contributed by atoms with Gasteiger partial charge in [-0.3, -0.25) is 10.1 Å². The average molecular weight is 358 g/mol. The van der Waals surface area contributed by atoms with Gasteiger partial charge in [0.25, 0.3) is 0 Å². The van der Waals surface area contributed by atoms with Gasteiger partial charge in [0.15, 0.2) is 0 Å². The van der Waals surface area contributed by atoms with Gasteiger partial charge in [0.1, 0.15) is 11.5 Å². The van der Waals surface area contributed by atoms with Gasteiger partial charge in [-0.05, 0) is 53.9 Å². The van der Waals surface area contributed by atoms with E-state index in [9.17, 15) is 4.39 Å². The van der Waals surface area contributed by atoms with E-state index in [1.807, 2.05) is 30.3 Å². The summed E-state index contributed by atoms with van der Waals surface area (Å²) in [5.41, 5.74) is 12.0. The fraction of sp³-hybridized carbons (Fsp3) is 0.0909. The summed E-state index contributed by atoms with van der Waals surface area (Å²) in [6.07, 6.45) is 4.16. The summed E-state index contributed by atoms with van der Waals surface area (Å²) in [4.78, 5) is 4.10. The molecule has 3 N–H and O–H groups in total. The molecule has 2 heterocycles. The molecule has 0 saturated carbocycles. The van der Waals surface area contributed by atoms with Crippen molar-refractivity contribution in [2.24, 2.45) is 5.73 Å². The lowest BCUT2D eigenvalue weighted by Gasteiger charge is -2.13. The molecule has 4 nitrogen and oxygen atoms in total. The fourth-order valence-corrected chi connectivity index (χ4v) is 3.22. The number of nitrogens with zero attached hydrogens (tertiary/aromatic N) is 2. The topological polar surface area (TPSA) is 67.6 Å². The number of rotatable bonds is 5. The number of aromatic amines is 1. The van der Waals surface area contributed by atoms with E-state index in [4.69, 9.17) is 5.73 Å². The first-order chi connectivity index (χ1) is 13.2. The van der Waals surface area contributed by atoms with Gasteiger partial charge in [0.05, 0.1) is 11.7 Å². The number of benzene rings is 2. The molecule has 27 heavy (non-hydrogen) atoms. The minimum Gasteiger partial charge on any atom is -0.322 e. The fourth-order valence-electron chi connectivity index (χ4n) is 3.22. The predicted octanol–water partition coefficient (Wildman–Crippen LogP) is 4.52. The maximum atomic E-state index is 13.3. The molecule has 0 saturated heterocycles. The molecule has 0 radical (unpaired) electrons. The standard InChI is InChI=1S/C22H19FN4/c23-18-8-6-17(7-9-18)21-20(16-10-12-25-13-11-16)22(27-26-21)19(24)14-15-4-2-1-3-5-15/h1-13,19H,14,24H2,(H,26,27)/t19-/m1/s1. The van der Waals surface area contributed by atoms with Crippen LogP contribution < -0.4 is 5.73 Å². The number of hydrogen-bond acceptors (Lipinski definition) is 3.